The van der Waals surface area contributed by atoms with Gasteiger partial charge < -0.3 is 49.5 Å². The summed E-state index contributed by atoms with van der Waals surface area (Å²) in [6.07, 6.45) is 16.5. The Morgan fingerprint density at radius 2 is 1.13 bits per heavy atom. The fourth-order valence-electron chi connectivity index (χ4n) is 11.5. The first-order valence-electron chi connectivity index (χ1n) is 29.8. The summed E-state index contributed by atoms with van der Waals surface area (Å²) < 4.78 is 79.2. The van der Waals surface area contributed by atoms with Crippen molar-refractivity contribution in [2.45, 2.75) is 176 Å². The highest BCUT2D eigenvalue weighted by Crippen LogP contribution is 2.33. The Labute approximate surface area is 504 Å². The number of aromatic nitrogens is 4. The number of hydrogen-bond donors (Lipinski definition) is 4. The number of nitrogens with one attached hydrogen (secondary N) is 3. The quantitative estimate of drug-likeness (QED) is 0.0359. The van der Waals surface area contributed by atoms with E-state index in [0.717, 1.165) is 85.6 Å². The molecule has 0 radical (unpaired) electrons. The standard InChI is InChI=1S/C37H48N4O10S2.C23H36N4O6/c1-26-11-15-31(16-12-26)52(45,46)40-23-29(38-25-40)21-34(42)39-35(28-9-5-4-6-10-28)36(43)41-24-30(22-33(41)37(44)49-3)50-19-7-8-20-51-53(47,48)32-17-13-27(2)14-18-32;1-32-23(31)19-12-18(33-10-6-5-9-28)14-27(19)22(30)21(16-7-3-2-4-8-16)26-20(29)11-17-13-24-15-25-17/h11-18,23,25,28,30,33,35H,4-10,19-22,24H2,1-3H3,(H,39,42);13,15-16,18-19,21,28H,2-12,14H2,1H3,(H,24,25)(H,26,29)/t30-,33+,35+;18-,19+,21+/m11/s1. The highest BCUT2D eigenvalue weighted by molar-refractivity contribution is 7.90. The summed E-state index contributed by atoms with van der Waals surface area (Å²) >= 11 is 0. The number of carbonyl (C=O) groups is 6. The van der Waals surface area contributed by atoms with E-state index in [4.69, 9.17) is 28.2 Å². The van der Waals surface area contributed by atoms with E-state index in [1.54, 1.807) is 30.5 Å². The summed E-state index contributed by atoms with van der Waals surface area (Å²) in [6.45, 7) is 4.89. The van der Waals surface area contributed by atoms with Crippen LogP contribution >= 0.6 is 0 Å². The molecule has 4 aliphatic rings. The fraction of sp³-hybridized carbons (Fsp3) is 0.600. The normalized spacial score (nSPS) is 20.1. The topological polar surface area (TPSA) is 314 Å². The molecule has 2 aliphatic carbocycles. The van der Waals surface area contributed by atoms with E-state index in [1.807, 2.05) is 13.8 Å². The van der Waals surface area contributed by atoms with Crippen molar-refractivity contribution >= 4 is 55.7 Å². The summed E-state index contributed by atoms with van der Waals surface area (Å²) in [7, 11) is -5.22. The molecule has 0 unspecified atom stereocenters. The minimum absolute atomic E-state index is 0.0226. The van der Waals surface area contributed by atoms with Gasteiger partial charge in [0.05, 0.1) is 67.7 Å². The van der Waals surface area contributed by atoms with E-state index >= 15 is 0 Å². The van der Waals surface area contributed by atoms with Gasteiger partial charge in [0.1, 0.15) is 30.5 Å². The van der Waals surface area contributed by atoms with E-state index in [0.29, 0.717) is 44.4 Å². The number of esters is 2. The number of carbonyl (C=O) groups excluding carboxylic acids is 6. The van der Waals surface area contributed by atoms with Crippen LogP contribution in [0.5, 0.6) is 0 Å². The maximum Gasteiger partial charge on any atom is 0.328 e. The molecule has 24 nitrogen and oxygen atoms in total. The van der Waals surface area contributed by atoms with E-state index < -0.39 is 74.2 Å². The van der Waals surface area contributed by atoms with Gasteiger partial charge >= 0.3 is 11.9 Å². The molecular weight excluding hydrogens is 1150 g/mol. The Balaban J connectivity index is 0.000000275. The van der Waals surface area contributed by atoms with Gasteiger partial charge in [0.15, 0.2) is 0 Å². The number of likely N-dealkylation sites (tertiary alicyclic amines) is 2. The molecule has 2 saturated heterocycles. The SMILES string of the molecule is COC(=O)[C@@H]1C[C@@H](OCCCCO)CN1C(=O)[C@@H](NC(=O)Cc1cnc[nH]1)C1CCCCC1.COC(=O)[C@@H]1C[C@@H](OCCCCOS(=O)(=O)c2ccc(C)cc2)CN1C(=O)[C@@H](NC(=O)Cc1cn(S(=O)(=O)c2ccc(C)cc2)cn1)C1CCCCC1. The van der Waals surface area contributed by atoms with Crippen LogP contribution in [0, 0.1) is 25.7 Å². The third-order valence-electron chi connectivity index (χ3n) is 16.2. The van der Waals surface area contributed by atoms with Crippen molar-refractivity contribution in [1.82, 2.24) is 39.4 Å². The van der Waals surface area contributed by atoms with Gasteiger partial charge in [0.25, 0.3) is 20.1 Å². The molecule has 4 fully saturated rings. The van der Waals surface area contributed by atoms with Crippen LogP contribution in [0.25, 0.3) is 0 Å². The van der Waals surface area contributed by atoms with E-state index in [-0.39, 0.29) is 97.4 Å². The first kappa shape index (κ1) is 66.9. The highest BCUT2D eigenvalue weighted by atomic mass is 32.2. The van der Waals surface area contributed by atoms with Crippen LogP contribution < -0.4 is 10.6 Å². The van der Waals surface area contributed by atoms with Gasteiger partial charge in [0.2, 0.25) is 23.6 Å². The number of unbranched alkanes of at least 4 members (excludes halogenated alkanes) is 2. The lowest BCUT2D eigenvalue weighted by Gasteiger charge is -2.34. The first-order valence-corrected chi connectivity index (χ1v) is 32.6. The maximum absolute atomic E-state index is 14.2. The maximum atomic E-state index is 14.2. The fourth-order valence-corrected chi connectivity index (χ4v) is 13.6. The van der Waals surface area contributed by atoms with Crippen molar-refractivity contribution in [1.29, 1.82) is 0 Å². The van der Waals surface area contributed by atoms with Gasteiger partial charge in [-0.25, -0.2) is 31.9 Å². The van der Waals surface area contributed by atoms with Crippen molar-refractivity contribution in [2.24, 2.45) is 11.8 Å². The molecule has 472 valence electrons. The molecule has 86 heavy (non-hydrogen) atoms. The second kappa shape index (κ2) is 32.4. The Morgan fingerprint density at radius 3 is 1.60 bits per heavy atom. The summed E-state index contributed by atoms with van der Waals surface area (Å²) in [5.41, 5.74) is 2.74. The average Bonchev–Trinajstić information content (AvgIpc) is 4.37. The predicted molar refractivity (Wildman–Crippen MR) is 313 cm³/mol. The Hall–Kier alpha value is -6.58. The van der Waals surface area contributed by atoms with Crippen LogP contribution in [0.1, 0.15) is 125 Å². The number of aryl methyl sites for hydroxylation is 2. The molecular formula is C60H84N8O16S2. The highest BCUT2D eigenvalue weighted by Gasteiger charge is 2.47. The van der Waals surface area contributed by atoms with Gasteiger partial charge in [-0.1, -0.05) is 73.9 Å². The molecule has 4 heterocycles. The van der Waals surface area contributed by atoms with Crippen LogP contribution in [0.3, 0.4) is 0 Å². The third-order valence-corrected chi connectivity index (χ3v) is 19.2. The molecule has 0 spiro atoms. The van der Waals surface area contributed by atoms with E-state index in [1.165, 1.54) is 60.8 Å². The molecule has 6 atom stereocenters. The number of aliphatic hydroxyl groups is 1. The largest absolute Gasteiger partial charge is 0.467 e. The van der Waals surface area contributed by atoms with Crippen molar-refractivity contribution in [2.75, 3.05) is 53.7 Å². The van der Waals surface area contributed by atoms with Crippen molar-refractivity contribution < 1.29 is 73.8 Å². The van der Waals surface area contributed by atoms with Gasteiger partial charge in [-0.05, 0) is 101 Å². The third kappa shape index (κ3) is 18.7. The molecule has 8 rings (SSSR count). The van der Waals surface area contributed by atoms with Crippen LogP contribution in [-0.2, 0) is 84.9 Å². The zero-order valence-corrected chi connectivity index (χ0v) is 51.3. The number of methoxy groups -OCH3 is 2. The van der Waals surface area contributed by atoms with Crippen LogP contribution in [0.15, 0.2) is 83.4 Å². The molecule has 26 heteroatoms. The lowest BCUT2D eigenvalue weighted by atomic mass is 9.83. The molecule has 2 aromatic carbocycles. The smallest absolute Gasteiger partial charge is 0.328 e. The number of amides is 4. The number of nitrogens with zero attached hydrogens (tertiary/aromatic N) is 5. The van der Waals surface area contributed by atoms with Gasteiger partial charge in [-0.2, -0.15) is 8.42 Å². The van der Waals surface area contributed by atoms with Crippen molar-refractivity contribution in [3.63, 3.8) is 0 Å². The predicted octanol–water partition coefficient (Wildman–Crippen LogP) is 4.64. The molecule has 2 aliphatic heterocycles. The zero-order valence-electron chi connectivity index (χ0n) is 49.6. The van der Waals surface area contributed by atoms with Crippen LogP contribution in [0.4, 0.5) is 0 Å². The second-order valence-electron chi connectivity index (χ2n) is 22.6. The van der Waals surface area contributed by atoms with E-state index in [2.05, 4.69) is 25.6 Å². The number of ether oxygens (including phenoxy) is 4. The lowest BCUT2D eigenvalue weighted by Crippen LogP contribution is -2.55. The molecule has 0 bridgehead atoms. The first-order chi connectivity index (χ1) is 41.3. The monoisotopic (exact) mass is 1240 g/mol. The molecule has 2 saturated carbocycles. The Morgan fingerprint density at radius 1 is 0.651 bits per heavy atom. The van der Waals surface area contributed by atoms with Gasteiger partial charge in [-0.15, -0.1) is 0 Å². The summed E-state index contributed by atoms with van der Waals surface area (Å²) in [5.74, 6) is -2.61. The summed E-state index contributed by atoms with van der Waals surface area (Å²) in [6, 6.07) is 9.55. The van der Waals surface area contributed by atoms with Gasteiger partial charge in [0, 0.05) is 63.8 Å². The van der Waals surface area contributed by atoms with Crippen molar-refractivity contribution in [3.05, 3.63) is 96.1 Å². The minimum Gasteiger partial charge on any atom is -0.467 e. The Bertz CT molecular complexity index is 3080. The average molecular weight is 1240 g/mol. The van der Waals surface area contributed by atoms with Crippen molar-refractivity contribution in [3.8, 4) is 0 Å². The van der Waals surface area contributed by atoms with Crippen LogP contribution in [-0.4, -0.2) is 176 Å². The number of benzene rings is 2. The minimum atomic E-state index is -3.91. The Kier molecular flexibility index (Phi) is 25.2. The van der Waals surface area contributed by atoms with Crippen LogP contribution in [0.2, 0.25) is 0 Å². The molecule has 4 N–H and O–H groups in total. The number of H-pyrrole nitrogens is 1. The molecule has 2 aromatic heterocycles. The second-order valence-corrected chi connectivity index (χ2v) is 26.0. The summed E-state index contributed by atoms with van der Waals surface area (Å²) in [4.78, 5) is 93.7. The molecule has 4 aromatic rings. The van der Waals surface area contributed by atoms with E-state index in [9.17, 15) is 45.6 Å². The number of rotatable bonds is 27. The number of hydrogen-bond acceptors (Lipinski definition) is 18. The zero-order chi connectivity index (χ0) is 61.8. The number of imidazole rings is 2. The molecule has 4 amide bonds. The number of aromatic amines is 1. The number of aliphatic hydroxyl groups excluding tert-OH is 1. The summed E-state index contributed by atoms with van der Waals surface area (Å²) in [5, 5.41) is 14.8. The van der Waals surface area contributed by atoms with Gasteiger partial charge in [-0.3, -0.25) is 23.4 Å². The lowest BCUT2D eigenvalue weighted by molar-refractivity contribution is -0.152.